The van der Waals surface area contributed by atoms with E-state index in [0.29, 0.717) is 25.3 Å². The summed E-state index contributed by atoms with van der Waals surface area (Å²) in [5, 5.41) is 0. The van der Waals surface area contributed by atoms with Gasteiger partial charge < -0.3 is 14.5 Å². The van der Waals surface area contributed by atoms with E-state index in [9.17, 15) is 4.79 Å². The Kier molecular flexibility index (Phi) is 6.35. The van der Waals surface area contributed by atoms with Crippen LogP contribution in [0.5, 0.6) is 0 Å². The fraction of sp³-hybridized carbons (Fsp3) is 0.370. The lowest BCUT2D eigenvalue weighted by Crippen LogP contribution is -2.40. The summed E-state index contributed by atoms with van der Waals surface area (Å²) in [5.74, 6) is 1.17. The Balaban J connectivity index is 1.32. The highest BCUT2D eigenvalue weighted by molar-refractivity contribution is 5.95. The minimum absolute atomic E-state index is 0.0754. The van der Waals surface area contributed by atoms with Gasteiger partial charge in [0.15, 0.2) is 0 Å². The van der Waals surface area contributed by atoms with Crippen LogP contribution >= 0.6 is 0 Å². The van der Waals surface area contributed by atoms with Crippen LogP contribution in [0.1, 0.15) is 40.4 Å². The molecule has 2 saturated heterocycles. The predicted octanol–water partition coefficient (Wildman–Crippen LogP) is 4.31. The van der Waals surface area contributed by atoms with Crippen molar-refractivity contribution in [1.29, 1.82) is 0 Å². The molecule has 6 nitrogen and oxygen atoms in total. The number of aryl methyl sites for hydroxylation is 1. The fourth-order valence-corrected chi connectivity index (χ4v) is 4.75. The molecule has 1 amide bonds. The molecule has 0 aliphatic carbocycles. The topological polar surface area (TPSA) is 58.6 Å². The maximum atomic E-state index is 13.4. The zero-order valence-electron chi connectivity index (χ0n) is 19.1. The highest BCUT2D eigenvalue weighted by Gasteiger charge is 2.27. The van der Waals surface area contributed by atoms with E-state index in [4.69, 9.17) is 9.72 Å². The molecule has 3 aromatic rings. The third kappa shape index (κ3) is 4.91. The van der Waals surface area contributed by atoms with Crippen LogP contribution < -0.4 is 4.90 Å². The summed E-state index contributed by atoms with van der Waals surface area (Å²) in [6.45, 7) is 6.57. The number of morpholine rings is 1. The van der Waals surface area contributed by atoms with E-state index in [1.807, 2.05) is 17.0 Å². The molecule has 2 aromatic heterocycles. The number of rotatable bonds is 4. The second-order valence-corrected chi connectivity index (χ2v) is 8.91. The molecule has 4 heterocycles. The summed E-state index contributed by atoms with van der Waals surface area (Å²) in [6, 6.07) is 18.4. The Labute approximate surface area is 195 Å². The monoisotopic (exact) mass is 442 g/mol. The Morgan fingerprint density at radius 2 is 1.88 bits per heavy atom. The number of piperidine rings is 1. The van der Waals surface area contributed by atoms with Crippen LogP contribution in [-0.2, 0) is 4.74 Å². The maximum Gasteiger partial charge on any atom is 0.254 e. The van der Waals surface area contributed by atoms with Gasteiger partial charge in [-0.2, -0.15) is 0 Å². The lowest BCUT2D eigenvalue weighted by Gasteiger charge is -2.33. The molecule has 2 aliphatic heterocycles. The van der Waals surface area contributed by atoms with Crippen molar-refractivity contribution in [1.82, 2.24) is 14.9 Å². The lowest BCUT2D eigenvalue weighted by molar-refractivity contribution is 0.0706. The van der Waals surface area contributed by atoms with Gasteiger partial charge >= 0.3 is 0 Å². The van der Waals surface area contributed by atoms with E-state index in [2.05, 4.69) is 59.3 Å². The lowest BCUT2D eigenvalue weighted by atomic mass is 9.93. The first-order chi connectivity index (χ1) is 16.2. The molecule has 0 spiro atoms. The summed E-state index contributed by atoms with van der Waals surface area (Å²) >= 11 is 0. The molecule has 0 N–H and O–H groups in total. The van der Waals surface area contributed by atoms with Gasteiger partial charge in [-0.25, -0.2) is 4.98 Å². The minimum atomic E-state index is 0.0754. The number of nitrogens with zero attached hydrogens (tertiary/aromatic N) is 4. The van der Waals surface area contributed by atoms with Gasteiger partial charge in [0.25, 0.3) is 5.91 Å². The number of likely N-dealkylation sites (tertiary alicyclic amines) is 1. The number of pyridine rings is 2. The van der Waals surface area contributed by atoms with Gasteiger partial charge in [-0.05, 0) is 50.1 Å². The van der Waals surface area contributed by atoms with Crippen LogP contribution in [0.3, 0.4) is 0 Å². The van der Waals surface area contributed by atoms with Crippen molar-refractivity contribution in [2.24, 2.45) is 0 Å². The summed E-state index contributed by atoms with van der Waals surface area (Å²) in [6.07, 6.45) is 3.77. The molecule has 0 bridgehead atoms. The van der Waals surface area contributed by atoms with Crippen LogP contribution in [0, 0.1) is 6.92 Å². The van der Waals surface area contributed by atoms with E-state index < -0.39 is 0 Å². The molecular weight excluding hydrogens is 412 g/mol. The van der Waals surface area contributed by atoms with Gasteiger partial charge in [0, 0.05) is 55.1 Å². The molecule has 2 aliphatic rings. The molecular formula is C27H30N4O2. The third-order valence-electron chi connectivity index (χ3n) is 6.54. The zero-order chi connectivity index (χ0) is 22.6. The number of amides is 1. The molecule has 1 aromatic carbocycles. The van der Waals surface area contributed by atoms with Crippen LogP contribution in [0.15, 0.2) is 60.8 Å². The second kappa shape index (κ2) is 9.71. The summed E-state index contributed by atoms with van der Waals surface area (Å²) < 4.78 is 5.44. The Morgan fingerprint density at radius 1 is 1.03 bits per heavy atom. The first-order valence-electron chi connectivity index (χ1n) is 11.8. The molecule has 5 rings (SSSR count). The van der Waals surface area contributed by atoms with Crippen molar-refractivity contribution in [2.75, 3.05) is 44.3 Å². The molecule has 33 heavy (non-hydrogen) atoms. The van der Waals surface area contributed by atoms with Crippen molar-refractivity contribution in [3.63, 3.8) is 0 Å². The quantitative estimate of drug-likeness (QED) is 0.603. The fourth-order valence-electron chi connectivity index (χ4n) is 4.75. The minimum Gasteiger partial charge on any atom is -0.378 e. The highest BCUT2D eigenvalue weighted by Crippen LogP contribution is 2.29. The van der Waals surface area contributed by atoms with Gasteiger partial charge in [-0.1, -0.05) is 29.8 Å². The number of hydrogen-bond acceptors (Lipinski definition) is 5. The average molecular weight is 443 g/mol. The Hall–Kier alpha value is -3.25. The molecule has 2 fully saturated rings. The first-order valence-corrected chi connectivity index (χ1v) is 11.8. The Bertz CT molecular complexity index is 1130. The normalized spacial score (nSPS) is 18.9. The van der Waals surface area contributed by atoms with Crippen LogP contribution in [0.25, 0.3) is 11.3 Å². The third-order valence-corrected chi connectivity index (χ3v) is 6.54. The second-order valence-electron chi connectivity index (χ2n) is 8.91. The van der Waals surface area contributed by atoms with E-state index in [1.165, 1.54) is 5.56 Å². The average Bonchev–Trinajstić information content (AvgIpc) is 2.89. The number of carbonyl (C=O) groups is 1. The van der Waals surface area contributed by atoms with Crippen molar-refractivity contribution in [3.05, 3.63) is 77.6 Å². The van der Waals surface area contributed by atoms with Crippen LogP contribution in [-0.4, -0.2) is 60.2 Å². The van der Waals surface area contributed by atoms with Crippen molar-refractivity contribution >= 4 is 11.7 Å². The number of benzene rings is 1. The van der Waals surface area contributed by atoms with Crippen LogP contribution in [0.2, 0.25) is 0 Å². The zero-order valence-corrected chi connectivity index (χ0v) is 19.1. The molecule has 6 heteroatoms. The number of hydrogen-bond donors (Lipinski definition) is 0. The van der Waals surface area contributed by atoms with Gasteiger partial charge in [-0.15, -0.1) is 0 Å². The largest absolute Gasteiger partial charge is 0.378 e. The summed E-state index contributed by atoms with van der Waals surface area (Å²) in [4.78, 5) is 27.0. The van der Waals surface area contributed by atoms with Crippen molar-refractivity contribution < 1.29 is 9.53 Å². The van der Waals surface area contributed by atoms with E-state index >= 15 is 0 Å². The van der Waals surface area contributed by atoms with Crippen molar-refractivity contribution in [3.8, 4) is 11.3 Å². The molecule has 170 valence electrons. The first kappa shape index (κ1) is 21.6. The number of aromatic nitrogens is 2. The van der Waals surface area contributed by atoms with E-state index in [-0.39, 0.29) is 11.8 Å². The smallest absolute Gasteiger partial charge is 0.254 e. The van der Waals surface area contributed by atoms with Gasteiger partial charge in [0.05, 0.1) is 18.9 Å². The highest BCUT2D eigenvalue weighted by atomic mass is 16.5. The van der Waals surface area contributed by atoms with Gasteiger partial charge in [0.1, 0.15) is 5.82 Å². The number of ether oxygens (including phenoxy) is 1. The van der Waals surface area contributed by atoms with Gasteiger partial charge in [-0.3, -0.25) is 9.78 Å². The predicted molar refractivity (Wildman–Crippen MR) is 130 cm³/mol. The molecule has 1 atom stereocenters. The van der Waals surface area contributed by atoms with E-state index in [0.717, 1.165) is 55.2 Å². The maximum absolute atomic E-state index is 13.4. The Morgan fingerprint density at radius 3 is 2.73 bits per heavy atom. The van der Waals surface area contributed by atoms with Crippen LogP contribution in [0.4, 0.5) is 5.82 Å². The van der Waals surface area contributed by atoms with Crippen molar-refractivity contribution in [2.45, 2.75) is 25.7 Å². The summed E-state index contributed by atoms with van der Waals surface area (Å²) in [7, 11) is 0. The van der Waals surface area contributed by atoms with E-state index in [1.54, 1.807) is 6.20 Å². The number of anilines is 1. The standard InChI is InChI=1S/C27H30N4O2/c1-20-5-2-6-21(17-20)24-8-3-9-25(29-24)23-7-4-12-31(19-23)27(32)22-10-11-28-26(18-22)30-13-15-33-16-14-30/h2-3,5-6,8-11,17-18,23H,4,7,12-16,19H2,1H3/t23-/m0/s1. The number of carbonyl (C=O) groups excluding carboxylic acids is 1. The SMILES string of the molecule is Cc1cccc(-c2cccc([C@H]3CCCN(C(=O)c4ccnc(N5CCOCC5)c4)C3)n2)c1. The molecule has 0 radical (unpaired) electrons. The summed E-state index contributed by atoms with van der Waals surface area (Å²) in [5.41, 5.74) is 5.11. The van der Waals surface area contributed by atoms with Gasteiger partial charge in [0.2, 0.25) is 0 Å². The molecule has 0 saturated carbocycles. The molecule has 0 unspecified atom stereocenters.